The lowest BCUT2D eigenvalue weighted by Gasteiger charge is -2.09. The minimum atomic E-state index is -1.37. The maximum atomic E-state index is 10.7. The predicted octanol–water partition coefficient (Wildman–Crippen LogP) is 0.662. The zero-order valence-electron chi connectivity index (χ0n) is 7.33. The Labute approximate surface area is 85.5 Å². The van der Waals surface area contributed by atoms with Crippen molar-refractivity contribution in [3.63, 3.8) is 0 Å². The molecule has 0 heterocycles. The van der Waals surface area contributed by atoms with Crippen molar-refractivity contribution in [3.05, 3.63) is 28.8 Å². The molecule has 1 aromatic rings. The first-order valence-electron chi connectivity index (χ1n) is 3.80. The number of carboxylic acids is 1. The Morgan fingerprint density at radius 3 is 2.57 bits per heavy atom. The lowest BCUT2D eigenvalue weighted by molar-refractivity contribution is -0.255. The number of rotatable bonds is 2. The Balaban J connectivity index is 3.13. The minimum Gasteiger partial charge on any atom is -0.545 e. The Hall–Kier alpha value is -1.55. The fraction of sp³-hybridized carbons (Fsp3) is 0.111. The van der Waals surface area contributed by atoms with Crippen LogP contribution in [-0.2, 0) is 4.79 Å². The molecule has 1 aromatic carbocycles. The van der Waals surface area contributed by atoms with Gasteiger partial charge in [-0.2, -0.15) is 0 Å². The summed E-state index contributed by atoms with van der Waals surface area (Å²) in [6.45, 7) is 1.31. The van der Waals surface area contributed by atoms with Crippen molar-refractivity contribution in [2.24, 2.45) is 0 Å². The molecule has 1 amide bonds. The van der Waals surface area contributed by atoms with Crippen LogP contribution in [-0.4, -0.2) is 11.9 Å². The van der Waals surface area contributed by atoms with E-state index in [9.17, 15) is 14.7 Å². The van der Waals surface area contributed by atoms with Crippen molar-refractivity contribution in [2.45, 2.75) is 6.92 Å². The number of halogens is 1. The van der Waals surface area contributed by atoms with Gasteiger partial charge in [0.05, 0.1) is 16.7 Å². The molecule has 0 aliphatic rings. The first-order valence-corrected chi connectivity index (χ1v) is 4.17. The number of carbonyl (C=O) groups excluding carboxylic acids is 2. The van der Waals surface area contributed by atoms with Gasteiger partial charge in [-0.15, -0.1) is 0 Å². The Bertz CT molecular complexity index is 390. The summed E-state index contributed by atoms with van der Waals surface area (Å²) in [7, 11) is 0. The summed E-state index contributed by atoms with van der Waals surface area (Å²) < 4.78 is 0. The number of amides is 1. The fourth-order valence-electron chi connectivity index (χ4n) is 0.976. The van der Waals surface area contributed by atoms with E-state index in [-0.39, 0.29) is 22.2 Å². The highest BCUT2D eigenvalue weighted by Gasteiger charge is 2.07. The lowest BCUT2D eigenvalue weighted by Crippen LogP contribution is -2.23. The Morgan fingerprint density at radius 1 is 1.43 bits per heavy atom. The molecule has 1 rings (SSSR count). The number of aromatic carboxylic acids is 1. The second kappa shape index (κ2) is 4.11. The molecule has 1 N–H and O–H groups in total. The zero-order valence-corrected chi connectivity index (χ0v) is 8.09. The summed E-state index contributed by atoms with van der Waals surface area (Å²) >= 11 is 5.71. The number of carboxylic acid groups (broad SMARTS) is 1. The Morgan fingerprint density at radius 2 is 2.07 bits per heavy atom. The lowest BCUT2D eigenvalue weighted by atomic mass is 10.2. The van der Waals surface area contributed by atoms with E-state index in [4.69, 9.17) is 11.6 Å². The molecule has 0 atom stereocenters. The highest BCUT2D eigenvalue weighted by Crippen LogP contribution is 2.25. The van der Waals surface area contributed by atoms with Gasteiger partial charge in [-0.3, -0.25) is 4.79 Å². The number of benzene rings is 1. The molecule has 0 bridgehead atoms. The molecule has 0 saturated carbocycles. The normalized spacial score (nSPS) is 9.57. The van der Waals surface area contributed by atoms with E-state index in [2.05, 4.69) is 5.32 Å². The number of nitrogens with one attached hydrogen (secondary N) is 1. The van der Waals surface area contributed by atoms with E-state index in [1.165, 1.54) is 25.1 Å². The molecule has 0 saturated heterocycles. The third-order valence-electron chi connectivity index (χ3n) is 1.53. The smallest absolute Gasteiger partial charge is 0.221 e. The molecule has 0 aromatic heterocycles. The van der Waals surface area contributed by atoms with Gasteiger partial charge in [0.1, 0.15) is 0 Å². The molecular formula is C9H7ClNO3-. The minimum absolute atomic E-state index is 0.0253. The van der Waals surface area contributed by atoms with E-state index in [1.807, 2.05) is 0 Å². The molecule has 0 radical (unpaired) electrons. The average molecular weight is 213 g/mol. The summed E-state index contributed by atoms with van der Waals surface area (Å²) in [5, 5.41) is 12.9. The summed E-state index contributed by atoms with van der Waals surface area (Å²) in [4.78, 5) is 21.3. The monoisotopic (exact) mass is 212 g/mol. The van der Waals surface area contributed by atoms with Crippen molar-refractivity contribution in [3.8, 4) is 0 Å². The molecule has 0 unspecified atom stereocenters. The molecule has 0 fully saturated rings. The number of hydrogen-bond donors (Lipinski definition) is 1. The maximum absolute atomic E-state index is 10.7. The predicted molar refractivity (Wildman–Crippen MR) is 50.1 cm³/mol. The average Bonchev–Trinajstić information content (AvgIpc) is 2.07. The van der Waals surface area contributed by atoms with Gasteiger partial charge < -0.3 is 15.2 Å². The number of hydrogen-bond acceptors (Lipinski definition) is 3. The number of carbonyl (C=O) groups is 2. The Kier molecular flexibility index (Phi) is 3.09. The van der Waals surface area contributed by atoms with Crippen LogP contribution in [0.5, 0.6) is 0 Å². The van der Waals surface area contributed by atoms with Crippen molar-refractivity contribution in [1.29, 1.82) is 0 Å². The molecule has 5 heteroatoms. The van der Waals surface area contributed by atoms with Crippen LogP contribution in [0.25, 0.3) is 0 Å². The van der Waals surface area contributed by atoms with Gasteiger partial charge >= 0.3 is 0 Å². The van der Waals surface area contributed by atoms with E-state index in [0.717, 1.165) is 0 Å². The molecule has 0 aliphatic heterocycles. The largest absolute Gasteiger partial charge is 0.545 e. The third-order valence-corrected chi connectivity index (χ3v) is 1.94. The molecule has 14 heavy (non-hydrogen) atoms. The van der Waals surface area contributed by atoms with Gasteiger partial charge in [0, 0.05) is 12.5 Å². The van der Waals surface area contributed by atoms with Crippen LogP contribution >= 0.6 is 11.6 Å². The summed E-state index contributed by atoms with van der Waals surface area (Å²) in [5.41, 5.74) is 0.124. The molecule has 74 valence electrons. The molecular weight excluding hydrogens is 206 g/mol. The van der Waals surface area contributed by atoms with Gasteiger partial charge in [0.2, 0.25) is 5.91 Å². The van der Waals surface area contributed by atoms with Crippen molar-refractivity contribution in [1.82, 2.24) is 0 Å². The molecule has 4 nitrogen and oxygen atoms in total. The second-order valence-electron chi connectivity index (χ2n) is 2.64. The summed E-state index contributed by atoms with van der Waals surface area (Å²) in [6, 6.07) is 4.29. The first kappa shape index (κ1) is 10.5. The summed E-state index contributed by atoms with van der Waals surface area (Å²) in [5.74, 6) is -1.69. The van der Waals surface area contributed by atoms with Crippen LogP contribution in [0.4, 0.5) is 5.69 Å². The zero-order chi connectivity index (χ0) is 10.7. The van der Waals surface area contributed by atoms with Crippen molar-refractivity contribution in [2.75, 3.05) is 5.32 Å². The van der Waals surface area contributed by atoms with Gasteiger partial charge in [-0.25, -0.2) is 0 Å². The van der Waals surface area contributed by atoms with Crippen LogP contribution in [0.2, 0.25) is 5.02 Å². The van der Waals surface area contributed by atoms with Crippen LogP contribution in [0.1, 0.15) is 17.3 Å². The second-order valence-corrected chi connectivity index (χ2v) is 3.01. The van der Waals surface area contributed by atoms with Crippen LogP contribution in [0.15, 0.2) is 18.2 Å². The van der Waals surface area contributed by atoms with E-state index in [1.54, 1.807) is 0 Å². The number of anilines is 1. The SMILES string of the molecule is CC(=O)Nc1cccc(C(=O)[O-])c1Cl. The quantitative estimate of drug-likeness (QED) is 0.783. The molecule has 0 spiro atoms. The van der Waals surface area contributed by atoms with Crippen LogP contribution in [0.3, 0.4) is 0 Å². The maximum Gasteiger partial charge on any atom is 0.221 e. The highest BCUT2D eigenvalue weighted by molar-refractivity contribution is 6.36. The fourth-order valence-corrected chi connectivity index (χ4v) is 1.23. The van der Waals surface area contributed by atoms with Crippen molar-refractivity contribution < 1.29 is 14.7 Å². The standard InChI is InChI=1S/C9H8ClNO3/c1-5(12)11-7-4-2-3-6(8(7)10)9(13)14/h2-4H,1H3,(H,11,12)(H,13,14)/p-1. The van der Waals surface area contributed by atoms with Gasteiger partial charge in [-0.05, 0) is 6.07 Å². The topological polar surface area (TPSA) is 69.2 Å². The van der Waals surface area contributed by atoms with E-state index < -0.39 is 5.97 Å². The van der Waals surface area contributed by atoms with Crippen molar-refractivity contribution >= 4 is 29.2 Å². The third kappa shape index (κ3) is 2.23. The van der Waals surface area contributed by atoms with Gasteiger partial charge in [0.15, 0.2) is 0 Å². The van der Waals surface area contributed by atoms with Crippen LogP contribution < -0.4 is 10.4 Å². The highest BCUT2D eigenvalue weighted by atomic mass is 35.5. The van der Waals surface area contributed by atoms with Crippen LogP contribution in [0, 0.1) is 0 Å². The summed E-state index contributed by atoms with van der Waals surface area (Å²) in [6.07, 6.45) is 0. The van der Waals surface area contributed by atoms with Gasteiger partial charge in [0.25, 0.3) is 0 Å². The molecule has 0 aliphatic carbocycles. The van der Waals surface area contributed by atoms with Gasteiger partial charge in [-0.1, -0.05) is 23.7 Å². The van der Waals surface area contributed by atoms with E-state index >= 15 is 0 Å². The van der Waals surface area contributed by atoms with E-state index in [0.29, 0.717) is 0 Å². The first-order chi connectivity index (χ1) is 6.52.